The fourth-order valence-corrected chi connectivity index (χ4v) is 2.55. The molecule has 0 atom stereocenters. The van der Waals surface area contributed by atoms with Crippen molar-refractivity contribution >= 4 is 17.3 Å². The van der Waals surface area contributed by atoms with Crippen molar-refractivity contribution in [3.63, 3.8) is 0 Å². The van der Waals surface area contributed by atoms with E-state index < -0.39 is 0 Å². The molecule has 5 nitrogen and oxygen atoms in total. The maximum Gasteiger partial charge on any atom is 0.202 e. The molecule has 3 rings (SSSR count). The van der Waals surface area contributed by atoms with Crippen LogP contribution in [0.15, 0.2) is 30.8 Å². The van der Waals surface area contributed by atoms with Gasteiger partial charge in [0, 0.05) is 18.1 Å². The van der Waals surface area contributed by atoms with Crippen molar-refractivity contribution in [2.24, 2.45) is 0 Å². The van der Waals surface area contributed by atoms with Gasteiger partial charge in [0.25, 0.3) is 0 Å². The van der Waals surface area contributed by atoms with E-state index in [9.17, 15) is 0 Å². The number of hydrogen-bond acceptors (Lipinski definition) is 4. The summed E-state index contributed by atoms with van der Waals surface area (Å²) in [4.78, 5) is 2.25. The lowest BCUT2D eigenvalue weighted by atomic mass is 10.1. The topological polar surface area (TPSA) is 46.8 Å². The average Bonchev–Trinajstić information content (AvgIpc) is 2.97. The number of likely N-dealkylation sites (tertiary alicyclic amines) is 1. The molecule has 104 valence electrons. The van der Waals surface area contributed by atoms with Crippen LogP contribution < -0.4 is 0 Å². The summed E-state index contributed by atoms with van der Waals surface area (Å²) in [5, 5.41) is 12.6. The van der Waals surface area contributed by atoms with E-state index in [1.165, 1.54) is 19.3 Å². The van der Waals surface area contributed by atoms with Gasteiger partial charge in [-0.1, -0.05) is 18.2 Å². The van der Waals surface area contributed by atoms with Gasteiger partial charge >= 0.3 is 0 Å². The van der Waals surface area contributed by atoms with E-state index >= 15 is 0 Å². The van der Waals surface area contributed by atoms with Gasteiger partial charge in [0.05, 0.1) is 11.4 Å². The quantitative estimate of drug-likeness (QED) is 0.872. The van der Waals surface area contributed by atoms with Crippen molar-refractivity contribution in [3.8, 4) is 5.69 Å². The minimum Gasteiger partial charge on any atom is -0.369 e. The summed E-state index contributed by atoms with van der Waals surface area (Å²) in [5.41, 5.74) is 1.76. The van der Waals surface area contributed by atoms with E-state index in [0.717, 1.165) is 24.5 Å². The van der Waals surface area contributed by atoms with Crippen molar-refractivity contribution in [2.75, 3.05) is 13.1 Å². The van der Waals surface area contributed by atoms with Gasteiger partial charge in [0.2, 0.25) is 5.82 Å². The summed E-state index contributed by atoms with van der Waals surface area (Å²) >= 11 is 5.91. The fourth-order valence-electron chi connectivity index (χ4n) is 2.43. The molecule has 1 aliphatic rings. The molecule has 20 heavy (non-hydrogen) atoms. The molecule has 2 aromatic rings. The molecule has 1 aliphatic heterocycles. The predicted octanol–water partition coefficient (Wildman–Crippen LogP) is 2.77. The molecule has 0 unspecified atom stereocenters. The highest BCUT2D eigenvalue weighted by molar-refractivity contribution is 6.30. The lowest BCUT2D eigenvalue weighted by Gasteiger charge is -2.29. The number of nitrogens with zero attached hydrogens (tertiary/aromatic N) is 5. The van der Waals surface area contributed by atoms with Gasteiger partial charge < -0.3 is 4.90 Å². The van der Waals surface area contributed by atoms with Gasteiger partial charge in [-0.25, -0.2) is 0 Å². The number of hydrogen-bond donors (Lipinski definition) is 0. The van der Waals surface area contributed by atoms with Crippen molar-refractivity contribution in [1.82, 2.24) is 25.1 Å². The summed E-state index contributed by atoms with van der Waals surface area (Å²) in [5.74, 6) is 0.689. The van der Waals surface area contributed by atoms with Gasteiger partial charge in [0.1, 0.15) is 0 Å². The molecule has 1 aromatic heterocycles. The van der Waals surface area contributed by atoms with Crippen molar-refractivity contribution in [3.05, 3.63) is 41.7 Å². The first-order chi connectivity index (χ1) is 9.75. The predicted molar refractivity (Wildman–Crippen MR) is 78.6 cm³/mol. The van der Waals surface area contributed by atoms with Crippen LogP contribution in [0.5, 0.6) is 0 Å². The Morgan fingerprint density at radius 2 is 1.80 bits per heavy atom. The minimum absolute atomic E-state index is 0.689. The SMILES string of the molecule is C=C(c1nnnn1-c1ccc(Cl)cc1)N1CCCCC1. The molecular weight excluding hydrogens is 274 g/mol. The van der Waals surface area contributed by atoms with Crippen LogP contribution in [0.2, 0.25) is 5.02 Å². The van der Waals surface area contributed by atoms with Crippen molar-refractivity contribution < 1.29 is 0 Å². The summed E-state index contributed by atoms with van der Waals surface area (Å²) in [7, 11) is 0. The monoisotopic (exact) mass is 289 g/mol. The van der Waals surface area contributed by atoms with Crippen molar-refractivity contribution in [1.29, 1.82) is 0 Å². The Morgan fingerprint density at radius 1 is 1.10 bits per heavy atom. The second kappa shape index (κ2) is 5.63. The lowest BCUT2D eigenvalue weighted by molar-refractivity contribution is 0.324. The Labute approximate surface area is 122 Å². The number of rotatable bonds is 3. The van der Waals surface area contributed by atoms with Crippen LogP contribution >= 0.6 is 11.6 Å². The molecular formula is C14H16ClN5. The highest BCUT2D eigenvalue weighted by Crippen LogP contribution is 2.22. The van der Waals surface area contributed by atoms with Crippen molar-refractivity contribution in [2.45, 2.75) is 19.3 Å². The Kier molecular flexibility index (Phi) is 3.69. The fraction of sp³-hybridized carbons (Fsp3) is 0.357. The van der Waals surface area contributed by atoms with Crippen LogP contribution in [0.4, 0.5) is 0 Å². The number of halogens is 1. The summed E-state index contributed by atoms with van der Waals surface area (Å²) in [6.07, 6.45) is 3.68. The third-order valence-electron chi connectivity index (χ3n) is 3.54. The van der Waals surface area contributed by atoms with Crippen LogP contribution in [-0.4, -0.2) is 38.2 Å². The van der Waals surface area contributed by atoms with Gasteiger partial charge in [-0.15, -0.1) is 5.10 Å². The standard InChI is InChI=1S/C14H16ClN5/c1-11(19-9-3-2-4-10-19)14-16-17-18-20(14)13-7-5-12(15)6-8-13/h5-8H,1-4,9-10H2. The first-order valence-electron chi connectivity index (χ1n) is 6.74. The van der Waals surface area contributed by atoms with Crippen LogP contribution in [0.3, 0.4) is 0 Å². The van der Waals surface area contributed by atoms with Crippen LogP contribution in [0.1, 0.15) is 25.1 Å². The molecule has 0 spiro atoms. The van der Waals surface area contributed by atoms with Gasteiger partial charge in [-0.05, 0) is 54.0 Å². The zero-order valence-corrected chi connectivity index (χ0v) is 11.9. The second-order valence-corrected chi connectivity index (χ2v) is 5.32. The molecule has 6 heteroatoms. The molecule has 0 aliphatic carbocycles. The maximum atomic E-state index is 5.91. The number of benzene rings is 1. The minimum atomic E-state index is 0.689. The molecule has 1 saturated heterocycles. The van der Waals surface area contributed by atoms with Gasteiger partial charge in [0.15, 0.2) is 0 Å². The maximum absolute atomic E-state index is 5.91. The molecule has 1 fully saturated rings. The molecule has 0 bridgehead atoms. The summed E-state index contributed by atoms with van der Waals surface area (Å²) < 4.78 is 1.70. The van der Waals surface area contributed by atoms with E-state index in [4.69, 9.17) is 11.6 Å². The molecule has 1 aromatic carbocycles. The molecule has 0 amide bonds. The second-order valence-electron chi connectivity index (χ2n) is 4.89. The third-order valence-corrected chi connectivity index (χ3v) is 3.79. The largest absolute Gasteiger partial charge is 0.369 e. The van der Waals surface area contributed by atoms with E-state index in [1.807, 2.05) is 24.3 Å². The number of tetrazole rings is 1. The third kappa shape index (κ3) is 2.54. The van der Waals surface area contributed by atoms with Gasteiger partial charge in [-0.3, -0.25) is 0 Å². The molecule has 2 heterocycles. The van der Waals surface area contributed by atoms with E-state index in [2.05, 4.69) is 27.0 Å². The Bertz CT molecular complexity index is 598. The van der Waals surface area contributed by atoms with Crippen LogP contribution in [-0.2, 0) is 0 Å². The first kappa shape index (κ1) is 13.1. The van der Waals surface area contributed by atoms with E-state index in [0.29, 0.717) is 10.8 Å². The smallest absolute Gasteiger partial charge is 0.202 e. The average molecular weight is 290 g/mol. The summed E-state index contributed by atoms with van der Waals surface area (Å²) in [6.45, 7) is 6.20. The van der Waals surface area contributed by atoms with E-state index in [-0.39, 0.29) is 0 Å². The van der Waals surface area contributed by atoms with Crippen LogP contribution in [0, 0.1) is 0 Å². The molecule has 0 saturated carbocycles. The lowest BCUT2D eigenvalue weighted by Crippen LogP contribution is -2.29. The van der Waals surface area contributed by atoms with Gasteiger partial charge in [-0.2, -0.15) is 4.68 Å². The normalized spacial score (nSPS) is 15.3. The highest BCUT2D eigenvalue weighted by Gasteiger charge is 2.19. The highest BCUT2D eigenvalue weighted by atomic mass is 35.5. The Morgan fingerprint density at radius 3 is 2.50 bits per heavy atom. The summed E-state index contributed by atoms with van der Waals surface area (Å²) in [6, 6.07) is 7.44. The number of piperidine rings is 1. The zero-order chi connectivity index (χ0) is 13.9. The van der Waals surface area contributed by atoms with E-state index in [1.54, 1.807) is 4.68 Å². The van der Waals surface area contributed by atoms with Crippen LogP contribution in [0.25, 0.3) is 11.4 Å². The Balaban J connectivity index is 1.89. The number of aromatic nitrogens is 4. The Hall–Kier alpha value is -1.88. The zero-order valence-electron chi connectivity index (χ0n) is 11.2. The first-order valence-corrected chi connectivity index (χ1v) is 7.12. The molecule has 0 radical (unpaired) electrons. The molecule has 0 N–H and O–H groups in total.